The maximum atomic E-state index is 12.4. The van der Waals surface area contributed by atoms with Gasteiger partial charge in [0.05, 0.1) is 0 Å². The lowest BCUT2D eigenvalue weighted by Gasteiger charge is -2.32. The first-order chi connectivity index (χ1) is 10.7. The van der Waals surface area contributed by atoms with Crippen LogP contribution in [0.5, 0.6) is 0 Å². The predicted molar refractivity (Wildman–Crippen MR) is 85.3 cm³/mol. The summed E-state index contributed by atoms with van der Waals surface area (Å²) in [5.41, 5.74) is 0. The monoisotopic (exact) mass is 304 g/mol. The summed E-state index contributed by atoms with van der Waals surface area (Å²) in [5, 5.41) is 7.24. The maximum absolute atomic E-state index is 12.4. The number of piperidine rings is 1. The molecule has 0 bridgehead atoms. The van der Waals surface area contributed by atoms with E-state index in [1.807, 2.05) is 0 Å². The van der Waals surface area contributed by atoms with E-state index >= 15 is 0 Å². The van der Waals surface area contributed by atoms with Crippen LogP contribution < -0.4 is 0 Å². The lowest BCUT2D eigenvalue weighted by Crippen LogP contribution is -2.39. The van der Waals surface area contributed by atoms with Crippen molar-refractivity contribution in [1.82, 2.24) is 20.1 Å². The quantitative estimate of drug-likeness (QED) is 0.910. The van der Waals surface area contributed by atoms with Crippen molar-refractivity contribution in [2.75, 3.05) is 13.1 Å². The summed E-state index contributed by atoms with van der Waals surface area (Å²) < 4.78 is 0. The Morgan fingerprint density at radius 1 is 1.18 bits per heavy atom. The van der Waals surface area contributed by atoms with Crippen molar-refractivity contribution < 1.29 is 4.79 Å². The van der Waals surface area contributed by atoms with Gasteiger partial charge in [0, 0.05) is 32.4 Å². The van der Waals surface area contributed by atoms with Gasteiger partial charge in [0.25, 0.3) is 0 Å². The number of aryl methyl sites for hydroxylation is 1. The second kappa shape index (κ2) is 7.25. The molecule has 1 aromatic heterocycles. The highest BCUT2D eigenvalue weighted by Crippen LogP contribution is 2.29. The van der Waals surface area contributed by atoms with E-state index in [1.54, 1.807) is 0 Å². The standard InChI is InChI=1S/C17H28N4O/c1-2-15-18-16(20-19-15)11-14-7-9-21(10-8-14)17(22)12-13-5-3-4-6-13/h13-14H,2-12H2,1H3,(H,18,19,20). The Labute approximate surface area is 132 Å². The minimum absolute atomic E-state index is 0.387. The van der Waals surface area contributed by atoms with E-state index in [2.05, 4.69) is 27.0 Å². The molecule has 1 saturated heterocycles. The number of rotatable bonds is 5. The van der Waals surface area contributed by atoms with Crippen molar-refractivity contribution in [1.29, 1.82) is 0 Å². The molecule has 2 heterocycles. The molecule has 1 aliphatic carbocycles. The Morgan fingerprint density at radius 3 is 2.55 bits per heavy atom. The number of likely N-dealkylation sites (tertiary alicyclic amines) is 1. The van der Waals surface area contributed by atoms with Gasteiger partial charge in [-0.3, -0.25) is 9.89 Å². The van der Waals surface area contributed by atoms with Crippen LogP contribution in [0.1, 0.15) is 63.5 Å². The maximum Gasteiger partial charge on any atom is 0.222 e. The van der Waals surface area contributed by atoms with Crippen LogP contribution in [0, 0.1) is 11.8 Å². The first kappa shape index (κ1) is 15.5. The Hall–Kier alpha value is -1.39. The number of hydrogen-bond acceptors (Lipinski definition) is 3. The zero-order valence-corrected chi connectivity index (χ0v) is 13.7. The van der Waals surface area contributed by atoms with Gasteiger partial charge in [0.15, 0.2) is 0 Å². The summed E-state index contributed by atoms with van der Waals surface area (Å²) in [7, 11) is 0. The molecule has 0 unspecified atom stereocenters. The molecule has 1 aromatic rings. The molecule has 1 aliphatic heterocycles. The summed E-state index contributed by atoms with van der Waals surface area (Å²) in [4.78, 5) is 18.9. The second-order valence-electron chi connectivity index (χ2n) is 6.93. The van der Waals surface area contributed by atoms with E-state index in [-0.39, 0.29) is 0 Å². The Morgan fingerprint density at radius 2 is 1.91 bits per heavy atom. The fourth-order valence-corrected chi connectivity index (χ4v) is 3.83. The smallest absolute Gasteiger partial charge is 0.222 e. The highest BCUT2D eigenvalue weighted by molar-refractivity contribution is 5.76. The minimum atomic E-state index is 0.387. The molecule has 0 atom stereocenters. The van der Waals surface area contributed by atoms with Crippen molar-refractivity contribution >= 4 is 5.91 Å². The number of aromatic amines is 1. The normalized spacial score (nSPS) is 20.7. The molecule has 5 nitrogen and oxygen atoms in total. The lowest BCUT2D eigenvalue weighted by molar-refractivity contribution is -0.133. The first-order valence-corrected chi connectivity index (χ1v) is 8.92. The van der Waals surface area contributed by atoms with Gasteiger partial charge in [-0.05, 0) is 37.5 Å². The zero-order chi connectivity index (χ0) is 15.4. The molecule has 5 heteroatoms. The molecule has 22 heavy (non-hydrogen) atoms. The number of hydrogen-bond donors (Lipinski definition) is 1. The molecule has 2 fully saturated rings. The van der Waals surface area contributed by atoms with Gasteiger partial charge in [-0.1, -0.05) is 19.8 Å². The number of H-pyrrole nitrogens is 1. The van der Waals surface area contributed by atoms with E-state index in [9.17, 15) is 4.79 Å². The van der Waals surface area contributed by atoms with Crippen LogP contribution in [0.3, 0.4) is 0 Å². The molecule has 1 N–H and O–H groups in total. The summed E-state index contributed by atoms with van der Waals surface area (Å²) >= 11 is 0. The Balaban J connectivity index is 1.42. The number of nitrogens with zero attached hydrogens (tertiary/aromatic N) is 3. The number of carbonyl (C=O) groups is 1. The molecule has 122 valence electrons. The summed E-state index contributed by atoms with van der Waals surface area (Å²) in [6, 6.07) is 0. The highest BCUT2D eigenvalue weighted by Gasteiger charge is 2.26. The van der Waals surface area contributed by atoms with Gasteiger partial charge >= 0.3 is 0 Å². The molecule has 3 rings (SSSR count). The van der Waals surface area contributed by atoms with E-state index < -0.39 is 0 Å². The van der Waals surface area contributed by atoms with Gasteiger partial charge in [0.1, 0.15) is 11.6 Å². The molecule has 1 saturated carbocycles. The average molecular weight is 304 g/mol. The van der Waals surface area contributed by atoms with Gasteiger partial charge in [0.2, 0.25) is 5.91 Å². The third-order valence-corrected chi connectivity index (χ3v) is 5.28. The number of aromatic nitrogens is 3. The van der Waals surface area contributed by atoms with Crippen LogP contribution in [0.2, 0.25) is 0 Å². The fraction of sp³-hybridized carbons (Fsp3) is 0.824. The fourth-order valence-electron chi connectivity index (χ4n) is 3.83. The summed E-state index contributed by atoms with van der Waals surface area (Å²) in [5.74, 6) is 3.59. The molecular weight excluding hydrogens is 276 g/mol. The number of amides is 1. The highest BCUT2D eigenvalue weighted by atomic mass is 16.2. The zero-order valence-electron chi connectivity index (χ0n) is 13.7. The van der Waals surface area contributed by atoms with Crippen molar-refractivity contribution in [3.63, 3.8) is 0 Å². The third kappa shape index (κ3) is 3.87. The number of nitrogens with one attached hydrogen (secondary N) is 1. The van der Waals surface area contributed by atoms with Crippen molar-refractivity contribution in [3.8, 4) is 0 Å². The molecule has 1 amide bonds. The van der Waals surface area contributed by atoms with Crippen molar-refractivity contribution in [2.45, 2.75) is 64.7 Å². The van der Waals surface area contributed by atoms with Gasteiger partial charge in [-0.25, -0.2) is 4.98 Å². The Kier molecular flexibility index (Phi) is 5.11. The average Bonchev–Trinajstić information content (AvgIpc) is 3.19. The van der Waals surface area contributed by atoms with Gasteiger partial charge in [-0.2, -0.15) is 5.10 Å². The van der Waals surface area contributed by atoms with Gasteiger partial charge in [-0.15, -0.1) is 0 Å². The minimum Gasteiger partial charge on any atom is -0.343 e. The Bertz CT molecular complexity index is 485. The molecular formula is C17H28N4O. The summed E-state index contributed by atoms with van der Waals surface area (Å²) in [6.45, 7) is 3.91. The molecule has 0 spiro atoms. The van der Waals surface area contributed by atoms with Crippen molar-refractivity contribution in [2.24, 2.45) is 11.8 Å². The van der Waals surface area contributed by atoms with Crippen LogP contribution in [0.15, 0.2) is 0 Å². The molecule has 0 aromatic carbocycles. The van der Waals surface area contributed by atoms with Crippen LogP contribution in [0.25, 0.3) is 0 Å². The summed E-state index contributed by atoms with van der Waals surface area (Å²) in [6.07, 6.45) is 9.97. The third-order valence-electron chi connectivity index (χ3n) is 5.28. The molecule has 2 aliphatic rings. The lowest BCUT2D eigenvalue weighted by atomic mass is 9.92. The first-order valence-electron chi connectivity index (χ1n) is 8.92. The predicted octanol–water partition coefficient (Wildman–Crippen LogP) is 2.73. The van der Waals surface area contributed by atoms with E-state index in [0.29, 0.717) is 17.7 Å². The van der Waals surface area contributed by atoms with E-state index in [1.165, 1.54) is 25.7 Å². The van der Waals surface area contributed by atoms with E-state index in [4.69, 9.17) is 0 Å². The van der Waals surface area contributed by atoms with Crippen LogP contribution in [-0.4, -0.2) is 39.1 Å². The van der Waals surface area contributed by atoms with Crippen LogP contribution in [0.4, 0.5) is 0 Å². The van der Waals surface area contributed by atoms with Crippen LogP contribution >= 0.6 is 0 Å². The van der Waals surface area contributed by atoms with Gasteiger partial charge < -0.3 is 4.90 Å². The SMILES string of the molecule is CCc1n[nH]c(CC2CCN(C(=O)CC3CCCC3)CC2)n1. The van der Waals surface area contributed by atoms with E-state index in [0.717, 1.165) is 56.8 Å². The van der Waals surface area contributed by atoms with Crippen molar-refractivity contribution in [3.05, 3.63) is 11.6 Å². The largest absolute Gasteiger partial charge is 0.343 e. The molecule has 0 radical (unpaired) electrons. The van der Waals surface area contributed by atoms with Crippen LogP contribution in [-0.2, 0) is 17.6 Å². The second-order valence-corrected chi connectivity index (χ2v) is 6.93. The number of carbonyl (C=O) groups excluding carboxylic acids is 1. The topological polar surface area (TPSA) is 61.9 Å².